The fourth-order valence-corrected chi connectivity index (χ4v) is 3.45. The van der Waals surface area contributed by atoms with E-state index in [-0.39, 0.29) is 5.02 Å². The third-order valence-electron chi connectivity index (χ3n) is 4.27. The first kappa shape index (κ1) is 13.8. The van der Waals surface area contributed by atoms with Gasteiger partial charge in [-0.3, -0.25) is 0 Å². The molecule has 3 rings (SSSR count). The first-order valence-electron chi connectivity index (χ1n) is 6.72. The van der Waals surface area contributed by atoms with Crippen LogP contribution >= 0.6 is 11.6 Å². The molecule has 1 saturated carbocycles. The molecule has 1 aromatic carbocycles. The van der Waals surface area contributed by atoms with Crippen molar-refractivity contribution in [2.45, 2.75) is 19.0 Å². The number of nitrogens with one attached hydrogen (secondary N) is 1. The summed E-state index contributed by atoms with van der Waals surface area (Å²) in [7, 11) is 0. The van der Waals surface area contributed by atoms with Crippen LogP contribution in [0.3, 0.4) is 0 Å². The molecule has 1 nitrogen and oxygen atoms in total. The predicted molar refractivity (Wildman–Crippen MR) is 73.8 cm³/mol. The van der Waals surface area contributed by atoms with E-state index in [1.54, 1.807) is 0 Å². The summed E-state index contributed by atoms with van der Waals surface area (Å²) >= 11 is 5.92. The summed E-state index contributed by atoms with van der Waals surface area (Å²) in [5.41, 5.74) is -0.137. The van der Waals surface area contributed by atoms with Crippen molar-refractivity contribution in [1.29, 1.82) is 0 Å². The SMILES string of the molecule is FC(F)(F)c1ccc(NCC2CC3C=CC2C3)c(Cl)c1. The van der Waals surface area contributed by atoms with Crippen LogP contribution in [0.2, 0.25) is 5.02 Å². The normalized spacial score (nSPS) is 28.1. The second kappa shape index (κ2) is 4.99. The number of halogens is 4. The number of alkyl halides is 3. The van der Waals surface area contributed by atoms with Gasteiger partial charge in [-0.2, -0.15) is 13.2 Å². The quantitative estimate of drug-likeness (QED) is 0.776. The molecule has 2 bridgehead atoms. The zero-order valence-corrected chi connectivity index (χ0v) is 11.5. The van der Waals surface area contributed by atoms with Gasteiger partial charge in [-0.15, -0.1) is 0 Å². The molecule has 3 atom stereocenters. The minimum Gasteiger partial charge on any atom is -0.384 e. The van der Waals surface area contributed by atoms with Gasteiger partial charge in [-0.05, 0) is 48.8 Å². The van der Waals surface area contributed by atoms with Crippen LogP contribution in [0.4, 0.5) is 18.9 Å². The number of hydrogen-bond donors (Lipinski definition) is 1. The molecule has 0 aliphatic heterocycles. The average molecular weight is 302 g/mol. The fraction of sp³-hybridized carbons (Fsp3) is 0.467. The maximum atomic E-state index is 12.5. The molecule has 1 fully saturated rings. The third kappa shape index (κ3) is 2.66. The Labute approximate surface area is 120 Å². The van der Waals surface area contributed by atoms with Gasteiger partial charge >= 0.3 is 6.18 Å². The van der Waals surface area contributed by atoms with E-state index in [2.05, 4.69) is 17.5 Å². The van der Waals surface area contributed by atoms with E-state index in [0.717, 1.165) is 25.1 Å². The maximum Gasteiger partial charge on any atom is 0.416 e. The molecule has 3 unspecified atom stereocenters. The highest BCUT2D eigenvalue weighted by atomic mass is 35.5. The van der Waals surface area contributed by atoms with E-state index in [0.29, 0.717) is 23.4 Å². The third-order valence-corrected chi connectivity index (χ3v) is 4.58. The Hall–Kier alpha value is -1.16. The zero-order chi connectivity index (χ0) is 14.3. The predicted octanol–water partition coefficient (Wildman–Crippen LogP) is 4.98. The summed E-state index contributed by atoms with van der Waals surface area (Å²) in [6, 6.07) is 3.45. The number of allylic oxidation sites excluding steroid dienone is 2. The largest absolute Gasteiger partial charge is 0.416 e. The highest BCUT2D eigenvalue weighted by Gasteiger charge is 2.35. The minimum atomic E-state index is -4.35. The Morgan fingerprint density at radius 3 is 2.55 bits per heavy atom. The smallest absolute Gasteiger partial charge is 0.384 e. The van der Waals surface area contributed by atoms with Gasteiger partial charge in [-0.1, -0.05) is 23.8 Å². The molecule has 5 heteroatoms. The Kier molecular flexibility index (Phi) is 3.44. The topological polar surface area (TPSA) is 12.0 Å². The van der Waals surface area contributed by atoms with Crippen LogP contribution in [0.25, 0.3) is 0 Å². The van der Waals surface area contributed by atoms with Crippen LogP contribution < -0.4 is 5.32 Å². The van der Waals surface area contributed by atoms with E-state index in [1.165, 1.54) is 12.5 Å². The van der Waals surface area contributed by atoms with Crippen molar-refractivity contribution in [3.05, 3.63) is 40.9 Å². The molecule has 2 aliphatic rings. The minimum absolute atomic E-state index is 0.124. The van der Waals surface area contributed by atoms with E-state index in [9.17, 15) is 13.2 Å². The lowest BCUT2D eigenvalue weighted by molar-refractivity contribution is -0.137. The van der Waals surface area contributed by atoms with Gasteiger partial charge in [0, 0.05) is 6.54 Å². The van der Waals surface area contributed by atoms with Crippen molar-refractivity contribution < 1.29 is 13.2 Å². The number of rotatable bonds is 3. The van der Waals surface area contributed by atoms with Crippen molar-refractivity contribution in [1.82, 2.24) is 0 Å². The summed E-state index contributed by atoms with van der Waals surface area (Å²) in [5, 5.41) is 3.31. The maximum absolute atomic E-state index is 12.5. The van der Waals surface area contributed by atoms with Crippen molar-refractivity contribution in [2.75, 3.05) is 11.9 Å². The zero-order valence-electron chi connectivity index (χ0n) is 10.8. The fourth-order valence-electron chi connectivity index (χ4n) is 3.21. The van der Waals surface area contributed by atoms with E-state index in [4.69, 9.17) is 11.6 Å². The Morgan fingerprint density at radius 1 is 1.20 bits per heavy atom. The van der Waals surface area contributed by atoms with Gasteiger partial charge in [0.2, 0.25) is 0 Å². The van der Waals surface area contributed by atoms with Crippen molar-refractivity contribution in [3.63, 3.8) is 0 Å². The molecule has 1 N–H and O–H groups in total. The van der Waals surface area contributed by atoms with Crippen molar-refractivity contribution in [2.24, 2.45) is 17.8 Å². The highest BCUT2D eigenvalue weighted by molar-refractivity contribution is 6.33. The standard InChI is InChI=1S/C15H15ClF3N/c16-13-7-12(15(17,18)19)3-4-14(13)20-8-11-6-9-1-2-10(11)5-9/h1-4,7,9-11,20H,5-6,8H2. The average Bonchev–Trinajstić information content (AvgIpc) is 2.98. The molecule has 108 valence electrons. The van der Waals surface area contributed by atoms with Crippen LogP contribution in [-0.4, -0.2) is 6.54 Å². The van der Waals surface area contributed by atoms with Crippen LogP contribution in [0.5, 0.6) is 0 Å². The lowest BCUT2D eigenvalue weighted by Crippen LogP contribution is -2.18. The molecule has 1 aromatic rings. The molecular weight excluding hydrogens is 287 g/mol. The Bertz CT molecular complexity index is 538. The van der Waals surface area contributed by atoms with Crippen LogP contribution in [-0.2, 0) is 6.18 Å². The second-order valence-electron chi connectivity index (χ2n) is 5.61. The van der Waals surface area contributed by atoms with Crippen molar-refractivity contribution in [3.8, 4) is 0 Å². The Morgan fingerprint density at radius 2 is 2.00 bits per heavy atom. The Balaban J connectivity index is 1.65. The summed E-state index contributed by atoms with van der Waals surface area (Å²) < 4.78 is 37.6. The number of benzene rings is 1. The van der Waals surface area contributed by atoms with E-state index in [1.807, 2.05) is 0 Å². The summed E-state index contributed by atoms with van der Waals surface area (Å²) in [5.74, 6) is 1.86. The number of fused-ring (bicyclic) bond motifs is 2. The lowest BCUT2D eigenvalue weighted by atomic mass is 9.93. The number of hydrogen-bond acceptors (Lipinski definition) is 1. The molecule has 0 radical (unpaired) electrons. The first-order valence-corrected chi connectivity index (χ1v) is 7.10. The molecule has 20 heavy (non-hydrogen) atoms. The van der Waals surface area contributed by atoms with Gasteiger partial charge < -0.3 is 5.32 Å². The van der Waals surface area contributed by atoms with Gasteiger partial charge in [0.15, 0.2) is 0 Å². The lowest BCUT2D eigenvalue weighted by Gasteiger charge is -2.20. The molecule has 0 aromatic heterocycles. The van der Waals surface area contributed by atoms with Gasteiger partial charge in [0.05, 0.1) is 16.3 Å². The van der Waals surface area contributed by atoms with E-state index < -0.39 is 11.7 Å². The van der Waals surface area contributed by atoms with Crippen molar-refractivity contribution >= 4 is 17.3 Å². The summed E-state index contributed by atoms with van der Waals surface area (Å²) in [4.78, 5) is 0. The van der Waals surface area contributed by atoms with Crippen LogP contribution in [0.15, 0.2) is 30.4 Å². The monoisotopic (exact) mass is 301 g/mol. The molecular formula is C15H15ClF3N. The highest BCUT2D eigenvalue weighted by Crippen LogP contribution is 2.43. The molecule has 0 amide bonds. The molecule has 0 spiro atoms. The van der Waals surface area contributed by atoms with Gasteiger partial charge in [-0.25, -0.2) is 0 Å². The molecule has 0 heterocycles. The van der Waals surface area contributed by atoms with Crippen LogP contribution in [0.1, 0.15) is 18.4 Å². The van der Waals surface area contributed by atoms with E-state index >= 15 is 0 Å². The summed E-state index contributed by atoms with van der Waals surface area (Å²) in [6.45, 7) is 0.761. The first-order chi connectivity index (χ1) is 9.43. The molecule has 2 aliphatic carbocycles. The molecule has 0 saturated heterocycles. The van der Waals surface area contributed by atoms with Crippen LogP contribution in [0, 0.1) is 17.8 Å². The van der Waals surface area contributed by atoms with Gasteiger partial charge in [0.25, 0.3) is 0 Å². The summed E-state index contributed by atoms with van der Waals surface area (Å²) in [6.07, 6.45) is 2.55. The number of anilines is 1. The van der Waals surface area contributed by atoms with Gasteiger partial charge in [0.1, 0.15) is 0 Å². The second-order valence-corrected chi connectivity index (χ2v) is 6.02.